The Hall–Kier alpha value is -2.21. The van der Waals surface area contributed by atoms with Gasteiger partial charge in [-0.2, -0.15) is 0 Å². The van der Waals surface area contributed by atoms with Crippen LogP contribution in [0.15, 0.2) is 103 Å². The second-order valence-electron chi connectivity index (χ2n) is 8.36. The molecule has 1 aliphatic rings. The summed E-state index contributed by atoms with van der Waals surface area (Å²) in [6.45, 7) is 2.25. The van der Waals surface area contributed by atoms with Crippen LogP contribution >= 0.6 is 7.26 Å². The summed E-state index contributed by atoms with van der Waals surface area (Å²) in [6.07, 6.45) is 12.0. The first-order valence-corrected chi connectivity index (χ1v) is 13.6. The van der Waals surface area contributed by atoms with Gasteiger partial charge in [0.25, 0.3) is 0 Å². The summed E-state index contributed by atoms with van der Waals surface area (Å²) in [4.78, 5) is 0. The molecular formula is C29H34OP+. The Kier molecular flexibility index (Phi) is 7.73. The van der Waals surface area contributed by atoms with E-state index in [1.807, 2.05) is 0 Å². The van der Waals surface area contributed by atoms with Crippen molar-refractivity contribution in [2.45, 2.75) is 57.4 Å². The van der Waals surface area contributed by atoms with Crippen molar-refractivity contribution in [3.8, 4) is 0 Å². The number of benzene rings is 3. The Bertz CT molecular complexity index is 840. The molecule has 1 heterocycles. The maximum absolute atomic E-state index is 6.96. The molecule has 0 saturated carbocycles. The van der Waals surface area contributed by atoms with Crippen LogP contribution in [0.5, 0.6) is 0 Å². The van der Waals surface area contributed by atoms with E-state index in [2.05, 4.69) is 110 Å². The van der Waals surface area contributed by atoms with Gasteiger partial charge in [0.05, 0.1) is 6.10 Å². The van der Waals surface area contributed by atoms with Crippen LogP contribution in [-0.4, -0.2) is 11.9 Å². The first kappa shape index (κ1) is 22.0. The summed E-state index contributed by atoms with van der Waals surface area (Å²) in [7, 11) is -1.97. The largest absolute Gasteiger partial charge is 0.335 e. The maximum Gasteiger partial charge on any atom is 0.181 e. The summed E-state index contributed by atoms with van der Waals surface area (Å²) in [5.41, 5.74) is 0. The molecule has 31 heavy (non-hydrogen) atoms. The van der Waals surface area contributed by atoms with Crippen molar-refractivity contribution in [1.29, 1.82) is 0 Å². The van der Waals surface area contributed by atoms with Crippen LogP contribution in [0.2, 0.25) is 0 Å². The predicted molar refractivity (Wildman–Crippen MR) is 136 cm³/mol. The highest BCUT2D eigenvalue weighted by Crippen LogP contribution is 2.62. The molecule has 0 aliphatic carbocycles. The van der Waals surface area contributed by atoms with E-state index in [1.54, 1.807) is 0 Å². The van der Waals surface area contributed by atoms with Crippen LogP contribution in [0.4, 0.5) is 0 Å². The lowest BCUT2D eigenvalue weighted by Gasteiger charge is -2.38. The molecule has 3 aromatic carbocycles. The summed E-state index contributed by atoms with van der Waals surface area (Å²) in [5, 5.41) is 4.23. The van der Waals surface area contributed by atoms with Crippen LogP contribution in [0.3, 0.4) is 0 Å². The highest BCUT2D eigenvalue weighted by molar-refractivity contribution is 7.96. The number of ether oxygens (including phenoxy) is 1. The first-order chi connectivity index (χ1) is 15.4. The minimum absolute atomic E-state index is 0.189. The molecule has 0 spiro atoms. The minimum atomic E-state index is -1.97. The Morgan fingerprint density at radius 3 is 1.77 bits per heavy atom. The molecule has 4 rings (SSSR count). The first-order valence-electron chi connectivity index (χ1n) is 11.7. The van der Waals surface area contributed by atoms with Gasteiger partial charge in [0, 0.05) is 6.42 Å². The fraction of sp³-hybridized carbons (Fsp3) is 0.310. The molecule has 0 N–H and O–H groups in total. The number of unbranched alkanes of at least 4 members (excludes halogenated alkanes) is 2. The van der Waals surface area contributed by atoms with E-state index in [0.29, 0.717) is 0 Å². The third-order valence-corrected chi connectivity index (χ3v) is 10.9. The number of allylic oxidation sites excluding steroid dienone is 1. The van der Waals surface area contributed by atoms with Crippen molar-refractivity contribution in [2.75, 3.05) is 0 Å². The average molecular weight is 430 g/mol. The van der Waals surface area contributed by atoms with E-state index >= 15 is 0 Å². The number of hydrogen-bond donors (Lipinski definition) is 0. The molecule has 0 amide bonds. The molecule has 1 fully saturated rings. The molecule has 3 aromatic rings. The van der Waals surface area contributed by atoms with Gasteiger partial charge in [-0.1, -0.05) is 86.5 Å². The Balaban J connectivity index is 1.81. The van der Waals surface area contributed by atoms with E-state index in [0.717, 1.165) is 19.3 Å². The summed E-state index contributed by atoms with van der Waals surface area (Å²) < 4.78 is 6.96. The van der Waals surface area contributed by atoms with E-state index in [-0.39, 0.29) is 11.9 Å². The van der Waals surface area contributed by atoms with E-state index in [4.69, 9.17) is 4.74 Å². The lowest BCUT2D eigenvalue weighted by Crippen LogP contribution is -2.42. The zero-order valence-corrected chi connectivity index (χ0v) is 19.5. The SMILES string of the molecule is CCCC/C=C\C1CCCC([P+](c2ccccc2)(c2ccccc2)c2ccccc2)O1. The van der Waals surface area contributed by atoms with Crippen LogP contribution < -0.4 is 15.9 Å². The summed E-state index contributed by atoms with van der Waals surface area (Å²) in [6, 6.07) is 33.4. The monoisotopic (exact) mass is 429 g/mol. The van der Waals surface area contributed by atoms with Crippen LogP contribution in [-0.2, 0) is 4.74 Å². The molecule has 2 atom stereocenters. The van der Waals surface area contributed by atoms with Crippen molar-refractivity contribution >= 4 is 23.2 Å². The molecule has 1 nitrogen and oxygen atoms in total. The van der Waals surface area contributed by atoms with Crippen LogP contribution in [0.25, 0.3) is 0 Å². The molecular weight excluding hydrogens is 395 g/mol. The molecule has 0 radical (unpaired) electrons. The summed E-state index contributed by atoms with van der Waals surface area (Å²) >= 11 is 0. The third-order valence-electron chi connectivity index (χ3n) is 6.27. The third kappa shape index (κ3) is 4.84. The molecule has 0 aromatic heterocycles. The fourth-order valence-corrected chi connectivity index (χ4v) is 9.49. The van der Waals surface area contributed by atoms with Gasteiger partial charge in [0.15, 0.2) is 5.85 Å². The van der Waals surface area contributed by atoms with Gasteiger partial charge < -0.3 is 4.74 Å². The Morgan fingerprint density at radius 1 is 0.774 bits per heavy atom. The zero-order chi connectivity index (χ0) is 21.4. The Morgan fingerprint density at radius 2 is 1.29 bits per heavy atom. The normalized spacial score (nSPS) is 19.5. The maximum atomic E-state index is 6.96. The highest BCUT2D eigenvalue weighted by atomic mass is 31.2. The molecule has 0 bridgehead atoms. The van der Waals surface area contributed by atoms with Crippen molar-refractivity contribution in [1.82, 2.24) is 0 Å². The van der Waals surface area contributed by atoms with E-state index in [1.165, 1.54) is 35.2 Å². The number of rotatable bonds is 8. The Labute approximate surface area is 188 Å². The lowest BCUT2D eigenvalue weighted by atomic mass is 10.1. The average Bonchev–Trinajstić information content (AvgIpc) is 2.85. The smallest absolute Gasteiger partial charge is 0.181 e. The van der Waals surface area contributed by atoms with E-state index in [9.17, 15) is 0 Å². The quantitative estimate of drug-likeness (QED) is 0.222. The highest BCUT2D eigenvalue weighted by Gasteiger charge is 2.54. The van der Waals surface area contributed by atoms with Crippen molar-refractivity contribution in [3.63, 3.8) is 0 Å². The molecule has 160 valence electrons. The standard InChI is InChI=1S/C29H34OP/c1-2-3-4-8-16-25-17-15-24-29(30-25)31(26-18-9-5-10-19-26,27-20-11-6-12-21-27)28-22-13-7-14-23-28/h5-14,16,18-23,25,29H,2-4,15,17,24H2,1H3/q+1/b16-8-. The lowest BCUT2D eigenvalue weighted by molar-refractivity contribution is 0.0215. The van der Waals surface area contributed by atoms with E-state index < -0.39 is 7.26 Å². The van der Waals surface area contributed by atoms with Crippen molar-refractivity contribution in [2.24, 2.45) is 0 Å². The zero-order valence-electron chi connectivity index (χ0n) is 18.6. The van der Waals surface area contributed by atoms with Gasteiger partial charge in [-0.25, -0.2) is 0 Å². The minimum Gasteiger partial charge on any atom is -0.335 e. The van der Waals surface area contributed by atoms with Crippen molar-refractivity contribution in [3.05, 3.63) is 103 Å². The summed E-state index contributed by atoms with van der Waals surface area (Å²) in [5.74, 6) is 0.189. The topological polar surface area (TPSA) is 9.23 Å². The molecule has 1 aliphatic heterocycles. The second kappa shape index (κ2) is 10.9. The second-order valence-corrected chi connectivity index (χ2v) is 11.9. The van der Waals surface area contributed by atoms with Gasteiger partial charge in [0.2, 0.25) is 0 Å². The number of hydrogen-bond acceptors (Lipinski definition) is 1. The molecule has 2 heteroatoms. The van der Waals surface area contributed by atoms with Crippen LogP contribution in [0, 0.1) is 0 Å². The molecule has 2 unspecified atom stereocenters. The van der Waals surface area contributed by atoms with Gasteiger partial charge in [-0.05, 0) is 55.7 Å². The van der Waals surface area contributed by atoms with Gasteiger partial charge in [0.1, 0.15) is 23.2 Å². The van der Waals surface area contributed by atoms with Gasteiger partial charge in [-0.3, -0.25) is 0 Å². The van der Waals surface area contributed by atoms with Crippen LogP contribution in [0.1, 0.15) is 45.4 Å². The van der Waals surface area contributed by atoms with Gasteiger partial charge >= 0.3 is 0 Å². The predicted octanol–water partition coefficient (Wildman–Crippen LogP) is 6.62. The molecule has 1 saturated heterocycles. The van der Waals surface area contributed by atoms with Crippen molar-refractivity contribution < 1.29 is 4.74 Å². The fourth-order valence-electron chi connectivity index (χ4n) is 4.76. The van der Waals surface area contributed by atoms with Gasteiger partial charge in [-0.15, -0.1) is 0 Å².